The Bertz CT molecular complexity index is 930. The Morgan fingerprint density at radius 3 is 2.30 bits per heavy atom. The summed E-state index contributed by atoms with van der Waals surface area (Å²) >= 11 is 0. The molecule has 0 N–H and O–H groups in total. The molecule has 33 heavy (non-hydrogen) atoms. The summed E-state index contributed by atoms with van der Waals surface area (Å²) in [6.45, 7) is 18.8. The summed E-state index contributed by atoms with van der Waals surface area (Å²) in [5, 5.41) is 0. The van der Waals surface area contributed by atoms with Crippen molar-refractivity contribution in [3.63, 3.8) is 0 Å². The van der Waals surface area contributed by atoms with Crippen molar-refractivity contribution in [2.75, 3.05) is 0 Å². The number of hydrogen-bond acceptors (Lipinski definition) is 3. The summed E-state index contributed by atoms with van der Waals surface area (Å²) in [6, 6.07) is 0. The fourth-order valence-electron chi connectivity index (χ4n) is 11.2. The van der Waals surface area contributed by atoms with Gasteiger partial charge >= 0.3 is 0 Å². The van der Waals surface area contributed by atoms with Crippen LogP contribution in [0.25, 0.3) is 0 Å². The van der Waals surface area contributed by atoms with Crippen LogP contribution in [0.5, 0.6) is 0 Å². The Morgan fingerprint density at radius 1 is 0.909 bits per heavy atom. The molecule has 0 spiro atoms. The third-order valence-electron chi connectivity index (χ3n) is 13.0. The van der Waals surface area contributed by atoms with Gasteiger partial charge in [0.2, 0.25) is 6.08 Å². The Kier molecular flexibility index (Phi) is 5.10. The van der Waals surface area contributed by atoms with E-state index in [1.54, 1.807) is 0 Å². The monoisotopic (exact) mass is 451 g/mol. The van der Waals surface area contributed by atoms with E-state index in [0.29, 0.717) is 35.4 Å². The quantitative estimate of drug-likeness (QED) is 0.251. The Balaban J connectivity index is 1.57. The lowest BCUT2D eigenvalue weighted by molar-refractivity contribution is -0.227. The highest BCUT2D eigenvalue weighted by molar-refractivity contribution is 5.85. The number of carbonyl (C=O) groups is 1. The van der Waals surface area contributed by atoms with Crippen LogP contribution in [0.3, 0.4) is 0 Å². The normalized spacial score (nSPS) is 52.5. The van der Waals surface area contributed by atoms with E-state index in [2.05, 4.69) is 53.1 Å². The van der Waals surface area contributed by atoms with Gasteiger partial charge in [-0.3, -0.25) is 4.79 Å². The second-order valence-electron chi connectivity index (χ2n) is 14.1. The standard InChI is InChI=1S/C30H45NO2/c1-19(2)20-10-15-30(31-18-32)17-16-28(6)21(25(20)30)8-9-23-27(5)13-12-24(33)26(3,4)22(27)11-14-29(23,28)7/h20-23,25H,1,8-17H2,2-7H3/t20-,21+,22+,23+,25+,27-,28+,29+,30-/m0/s1. The zero-order valence-electron chi connectivity index (χ0n) is 21.9. The molecule has 5 rings (SSSR count). The van der Waals surface area contributed by atoms with Crippen molar-refractivity contribution in [1.82, 2.24) is 0 Å². The number of nitrogens with zero attached hydrogens (tertiary/aromatic N) is 1. The highest BCUT2D eigenvalue weighted by atomic mass is 16.1. The lowest BCUT2D eigenvalue weighted by Crippen LogP contribution is -2.66. The first-order chi connectivity index (χ1) is 15.4. The number of Topliss-reactive ketones (excluding diaryl/α,β-unsaturated/α-hetero) is 1. The Hall–Kier alpha value is -1.21. The molecule has 182 valence electrons. The molecule has 0 bridgehead atoms. The summed E-state index contributed by atoms with van der Waals surface area (Å²) in [6.07, 6.45) is 13.1. The van der Waals surface area contributed by atoms with E-state index in [-0.39, 0.29) is 27.2 Å². The molecule has 3 nitrogen and oxygen atoms in total. The maximum Gasteiger partial charge on any atom is 0.235 e. The van der Waals surface area contributed by atoms with Crippen LogP contribution in [0.15, 0.2) is 17.1 Å². The van der Waals surface area contributed by atoms with Crippen LogP contribution in [-0.4, -0.2) is 17.4 Å². The molecule has 0 radical (unpaired) electrons. The molecule has 0 aliphatic heterocycles. The van der Waals surface area contributed by atoms with Gasteiger partial charge in [0.1, 0.15) is 5.78 Å². The van der Waals surface area contributed by atoms with Crippen LogP contribution < -0.4 is 0 Å². The minimum Gasteiger partial charge on any atom is -0.299 e. The Morgan fingerprint density at radius 2 is 1.64 bits per heavy atom. The summed E-state index contributed by atoms with van der Waals surface area (Å²) in [5.74, 6) is 3.16. The lowest BCUT2D eigenvalue weighted by Gasteiger charge is -2.72. The van der Waals surface area contributed by atoms with E-state index in [4.69, 9.17) is 0 Å². The Labute approximate surface area is 201 Å². The predicted molar refractivity (Wildman–Crippen MR) is 132 cm³/mol. The van der Waals surface area contributed by atoms with E-state index in [0.717, 1.165) is 32.1 Å². The first-order valence-corrected chi connectivity index (χ1v) is 13.7. The first-order valence-electron chi connectivity index (χ1n) is 13.7. The van der Waals surface area contributed by atoms with Gasteiger partial charge in [0.15, 0.2) is 0 Å². The van der Waals surface area contributed by atoms with Gasteiger partial charge in [-0.2, -0.15) is 4.99 Å². The van der Waals surface area contributed by atoms with Crippen molar-refractivity contribution in [2.24, 2.45) is 56.2 Å². The molecule has 0 heterocycles. The number of allylic oxidation sites excluding steroid dienone is 1. The number of isocyanates is 1. The summed E-state index contributed by atoms with van der Waals surface area (Å²) in [5.41, 5.74) is 1.65. The number of ketones is 1. The molecule has 0 unspecified atom stereocenters. The second kappa shape index (κ2) is 7.16. The number of rotatable bonds is 2. The zero-order chi connectivity index (χ0) is 24.0. The molecule has 0 amide bonds. The molecule has 5 aliphatic carbocycles. The predicted octanol–water partition coefficient (Wildman–Crippen LogP) is 7.30. The second-order valence-corrected chi connectivity index (χ2v) is 14.1. The fraction of sp³-hybridized carbons (Fsp3) is 0.867. The largest absolute Gasteiger partial charge is 0.299 e. The van der Waals surface area contributed by atoms with Crippen LogP contribution in [0.4, 0.5) is 0 Å². The first kappa shape index (κ1) is 23.5. The molecule has 5 aliphatic rings. The number of carbonyl (C=O) groups excluding carboxylic acids is 2. The van der Waals surface area contributed by atoms with Crippen molar-refractivity contribution in [2.45, 2.75) is 111 Å². The number of aliphatic imine (C=N–C) groups is 1. The highest BCUT2D eigenvalue weighted by Gasteiger charge is 2.71. The van der Waals surface area contributed by atoms with E-state index >= 15 is 0 Å². The highest BCUT2D eigenvalue weighted by Crippen LogP contribution is 2.76. The lowest BCUT2D eigenvalue weighted by atomic mass is 9.32. The minimum atomic E-state index is -0.209. The molecule has 9 atom stereocenters. The van der Waals surface area contributed by atoms with Gasteiger partial charge in [-0.25, -0.2) is 4.79 Å². The van der Waals surface area contributed by atoms with Crippen LogP contribution in [0, 0.1) is 51.2 Å². The molecule has 5 fully saturated rings. The van der Waals surface area contributed by atoms with Crippen LogP contribution in [0.1, 0.15) is 106 Å². The van der Waals surface area contributed by atoms with E-state index in [9.17, 15) is 9.59 Å². The van der Waals surface area contributed by atoms with Gasteiger partial charge in [-0.1, -0.05) is 46.8 Å². The summed E-state index contributed by atoms with van der Waals surface area (Å²) < 4.78 is 0. The van der Waals surface area contributed by atoms with Gasteiger partial charge < -0.3 is 0 Å². The van der Waals surface area contributed by atoms with E-state index < -0.39 is 0 Å². The molecule has 3 heteroatoms. The van der Waals surface area contributed by atoms with Crippen molar-refractivity contribution in [3.05, 3.63) is 12.2 Å². The molecule has 5 saturated carbocycles. The SMILES string of the molecule is C=C(C)[C@@H]1CC[C@]2(N=C=O)CC[C@]3(C)[C@H](CC[C@@H]4[C@@]5(C)CCC(=O)C(C)(C)[C@H]5CC[C@]43C)[C@@H]12. The van der Waals surface area contributed by atoms with Crippen LogP contribution in [0.2, 0.25) is 0 Å². The number of hydrogen-bond donors (Lipinski definition) is 0. The van der Waals surface area contributed by atoms with Gasteiger partial charge in [-0.05, 0) is 111 Å². The molecular formula is C30H45NO2. The summed E-state index contributed by atoms with van der Waals surface area (Å²) in [7, 11) is 0. The van der Waals surface area contributed by atoms with Crippen molar-refractivity contribution in [3.8, 4) is 0 Å². The van der Waals surface area contributed by atoms with Crippen molar-refractivity contribution >= 4 is 11.9 Å². The van der Waals surface area contributed by atoms with Crippen molar-refractivity contribution < 1.29 is 9.59 Å². The molecule has 0 aromatic heterocycles. The maximum atomic E-state index is 12.9. The third kappa shape index (κ3) is 2.78. The maximum absolute atomic E-state index is 12.9. The van der Waals surface area contributed by atoms with E-state index in [1.807, 2.05) is 6.08 Å². The topological polar surface area (TPSA) is 46.5 Å². The molecular weight excluding hydrogens is 406 g/mol. The minimum absolute atomic E-state index is 0.191. The molecule has 0 aromatic rings. The summed E-state index contributed by atoms with van der Waals surface area (Å²) in [4.78, 5) is 29.1. The van der Waals surface area contributed by atoms with Gasteiger partial charge in [-0.15, -0.1) is 0 Å². The third-order valence-corrected chi connectivity index (χ3v) is 13.0. The van der Waals surface area contributed by atoms with Gasteiger partial charge in [0, 0.05) is 11.8 Å². The number of fused-ring (bicyclic) bond motifs is 7. The zero-order valence-corrected chi connectivity index (χ0v) is 21.9. The van der Waals surface area contributed by atoms with Crippen molar-refractivity contribution in [1.29, 1.82) is 0 Å². The van der Waals surface area contributed by atoms with Crippen LogP contribution >= 0.6 is 0 Å². The fourth-order valence-corrected chi connectivity index (χ4v) is 11.2. The smallest absolute Gasteiger partial charge is 0.235 e. The van der Waals surface area contributed by atoms with Gasteiger partial charge in [0.05, 0.1) is 5.54 Å². The molecule has 0 aromatic carbocycles. The molecule has 0 saturated heterocycles. The van der Waals surface area contributed by atoms with Gasteiger partial charge in [0.25, 0.3) is 0 Å². The average molecular weight is 452 g/mol. The van der Waals surface area contributed by atoms with E-state index in [1.165, 1.54) is 37.7 Å². The van der Waals surface area contributed by atoms with Crippen LogP contribution in [-0.2, 0) is 9.59 Å². The average Bonchev–Trinajstić information content (AvgIpc) is 3.12.